The normalized spacial score (nSPS) is 18.9. The number of allylic oxidation sites excluding steroid dienone is 2. The third-order valence-corrected chi connectivity index (χ3v) is 3.35. The molecule has 0 aromatic carbocycles. The van der Waals surface area contributed by atoms with Gasteiger partial charge in [-0.05, 0) is 12.3 Å². The van der Waals surface area contributed by atoms with Crippen LogP contribution in [-0.4, -0.2) is 49.3 Å². The lowest BCUT2D eigenvalue weighted by Crippen LogP contribution is -2.29. The second-order valence-electron chi connectivity index (χ2n) is 5.98. The van der Waals surface area contributed by atoms with Crippen molar-refractivity contribution in [3.05, 3.63) is 11.3 Å². The summed E-state index contributed by atoms with van der Waals surface area (Å²) in [6, 6.07) is 0. The molecule has 0 radical (unpaired) electrons. The number of aliphatic imine (C=N–C) groups is 1. The van der Waals surface area contributed by atoms with Crippen LogP contribution in [0.1, 0.15) is 33.6 Å². The van der Waals surface area contributed by atoms with E-state index in [-0.39, 0.29) is 29.5 Å². The van der Waals surface area contributed by atoms with Gasteiger partial charge in [0, 0.05) is 25.1 Å². The first-order valence-electron chi connectivity index (χ1n) is 7.01. The van der Waals surface area contributed by atoms with Crippen LogP contribution in [0.3, 0.4) is 0 Å². The van der Waals surface area contributed by atoms with Crippen LogP contribution in [0, 0.1) is 5.41 Å². The summed E-state index contributed by atoms with van der Waals surface area (Å²) in [5, 5.41) is 12.9. The molecule has 0 atom stereocenters. The van der Waals surface area contributed by atoms with Crippen LogP contribution < -0.4 is 5.32 Å². The van der Waals surface area contributed by atoms with Crippen molar-refractivity contribution < 1.29 is 19.4 Å². The van der Waals surface area contributed by atoms with Gasteiger partial charge in [0.2, 0.25) is 0 Å². The Balaban J connectivity index is 2.58. The second-order valence-corrected chi connectivity index (χ2v) is 5.98. The molecule has 118 valence electrons. The van der Waals surface area contributed by atoms with Gasteiger partial charge in [0.15, 0.2) is 5.78 Å². The summed E-state index contributed by atoms with van der Waals surface area (Å²) < 4.78 is 4.50. The molecular weight excluding hydrogens is 272 g/mol. The number of aliphatic hydroxyl groups is 1. The van der Waals surface area contributed by atoms with Gasteiger partial charge in [0.1, 0.15) is 5.76 Å². The molecule has 0 heterocycles. The van der Waals surface area contributed by atoms with Crippen LogP contribution in [0.5, 0.6) is 0 Å². The van der Waals surface area contributed by atoms with Crippen molar-refractivity contribution in [3.63, 3.8) is 0 Å². The molecule has 0 amide bonds. The molecule has 0 fully saturated rings. The van der Waals surface area contributed by atoms with E-state index in [9.17, 15) is 14.7 Å². The molecule has 21 heavy (non-hydrogen) atoms. The Labute approximate surface area is 125 Å². The SMILES string of the molecule is COC(=O)CNCCN=C(C)C1=C(O)CC(C)(C)CC1=O. The molecule has 0 saturated heterocycles. The van der Waals surface area contributed by atoms with Gasteiger partial charge in [-0.2, -0.15) is 0 Å². The number of aliphatic hydroxyl groups excluding tert-OH is 1. The maximum absolute atomic E-state index is 12.1. The number of methoxy groups -OCH3 is 1. The minimum Gasteiger partial charge on any atom is -0.511 e. The summed E-state index contributed by atoms with van der Waals surface area (Å²) in [4.78, 5) is 27.3. The Morgan fingerprint density at radius 3 is 2.67 bits per heavy atom. The Morgan fingerprint density at radius 2 is 2.10 bits per heavy atom. The predicted molar refractivity (Wildman–Crippen MR) is 80.5 cm³/mol. The number of nitrogens with one attached hydrogen (secondary N) is 1. The van der Waals surface area contributed by atoms with Gasteiger partial charge < -0.3 is 15.2 Å². The maximum atomic E-state index is 12.1. The molecule has 0 aromatic heterocycles. The van der Waals surface area contributed by atoms with Gasteiger partial charge in [-0.25, -0.2) is 0 Å². The van der Waals surface area contributed by atoms with Gasteiger partial charge in [-0.1, -0.05) is 13.8 Å². The van der Waals surface area contributed by atoms with Crippen LogP contribution in [0.15, 0.2) is 16.3 Å². The molecule has 0 saturated carbocycles. The van der Waals surface area contributed by atoms with E-state index in [0.29, 0.717) is 37.2 Å². The van der Waals surface area contributed by atoms with Crippen LogP contribution in [0.2, 0.25) is 0 Å². The molecule has 1 aliphatic rings. The first-order valence-corrected chi connectivity index (χ1v) is 7.01. The number of esters is 1. The van der Waals surface area contributed by atoms with E-state index in [1.165, 1.54) is 7.11 Å². The number of Topliss-reactive ketones (excluding diaryl/α,β-unsaturated/α-hetero) is 1. The summed E-state index contributed by atoms with van der Waals surface area (Å²) in [6.07, 6.45) is 0.904. The molecule has 0 bridgehead atoms. The number of hydrogen-bond donors (Lipinski definition) is 2. The van der Waals surface area contributed by atoms with Gasteiger partial charge in [-0.3, -0.25) is 14.6 Å². The van der Waals surface area contributed by atoms with Crippen molar-refractivity contribution >= 4 is 17.5 Å². The third kappa shape index (κ3) is 5.30. The topological polar surface area (TPSA) is 88.0 Å². The van der Waals surface area contributed by atoms with Gasteiger partial charge >= 0.3 is 5.97 Å². The molecule has 0 aliphatic heterocycles. The zero-order valence-corrected chi connectivity index (χ0v) is 13.2. The summed E-state index contributed by atoms with van der Waals surface area (Å²) in [5.74, 6) is -0.270. The monoisotopic (exact) mass is 296 g/mol. The fraction of sp³-hybridized carbons (Fsp3) is 0.667. The van der Waals surface area contributed by atoms with E-state index in [1.54, 1.807) is 6.92 Å². The van der Waals surface area contributed by atoms with E-state index < -0.39 is 0 Å². The van der Waals surface area contributed by atoms with Gasteiger partial charge in [0.25, 0.3) is 0 Å². The Kier molecular flexibility index (Phi) is 6.08. The van der Waals surface area contributed by atoms with Gasteiger partial charge in [-0.15, -0.1) is 0 Å². The summed E-state index contributed by atoms with van der Waals surface area (Å²) in [7, 11) is 1.33. The number of rotatable bonds is 6. The fourth-order valence-electron chi connectivity index (χ4n) is 2.34. The number of carbonyl (C=O) groups excluding carboxylic acids is 2. The molecule has 6 heteroatoms. The average molecular weight is 296 g/mol. The minimum absolute atomic E-state index is 0.0625. The first-order chi connectivity index (χ1) is 9.76. The van der Waals surface area contributed by atoms with E-state index in [0.717, 1.165) is 0 Å². The number of nitrogens with zero attached hydrogens (tertiary/aromatic N) is 1. The lowest BCUT2D eigenvalue weighted by Gasteiger charge is -2.29. The highest BCUT2D eigenvalue weighted by molar-refractivity contribution is 6.22. The number of ketones is 1. The summed E-state index contributed by atoms with van der Waals surface area (Å²) >= 11 is 0. The zero-order valence-electron chi connectivity index (χ0n) is 13.2. The molecule has 6 nitrogen and oxygen atoms in total. The van der Waals surface area contributed by atoms with Crippen molar-refractivity contribution in [2.24, 2.45) is 10.4 Å². The van der Waals surface area contributed by atoms with E-state index in [2.05, 4.69) is 15.0 Å². The van der Waals surface area contributed by atoms with Crippen LogP contribution in [-0.2, 0) is 14.3 Å². The minimum atomic E-state index is -0.333. The first kappa shape index (κ1) is 17.4. The molecule has 0 unspecified atom stereocenters. The predicted octanol–water partition coefficient (Wildman–Crippen LogP) is 1.41. The fourth-order valence-corrected chi connectivity index (χ4v) is 2.34. The smallest absolute Gasteiger partial charge is 0.319 e. The van der Waals surface area contributed by atoms with Crippen molar-refractivity contribution in [1.82, 2.24) is 5.32 Å². The molecule has 1 aliphatic carbocycles. The van der Waals surface area contributed by atoms with E-state index >= 15 is 0 Å². The molecule has 0 aromatic rings. The second kappa shape index (κ2) is 7.36. The molecule has 0 spiro atoms. The lowest BCUT2D eigenvalue weighted by atomic mass is 9.76. The zero-order chi connectivity index (χ0) is 16.0. The average Bonchev–Trinajstić information content (AvgIpc) is 2.35. The molecule has 2 N–H and O–H groups in total. The highest BCUT2D eigenvalue weighted by atomic mass is 16.5. The summed E-state index contributed by atoms with van der Waals surface area (Å²) in [5.41, 5.74) is 0.697. The van der Waals surface area contributed by atoms with Crippen molar-refractivity contribution in [3.8, 4) is 0 Å². The number of ether oxygens (including phenoxy) is 1. The summed E-state index contributed by atoms with van der Waals surface area (Å²) in [6.45, 7) is 6.70. The van der Waals surface area contributed by atoms with Crippen LogP contribution in [0.25, 0.3) is 0 Å². The Hall–Kier alpha value is -1.69. The van der Waals surface area contributed by atoms with Crippen LogP contribution >= 0.6 is 0 Å². The van der Waals surface area contributed by atoms with Crippen molar-refractivity contribution in [1.29, 1.82) is 0 Å². The maximum Gasteiger partial charge on any atom is 0.319 e. The van der Waals surface area contributed by atoms with Crippen molar-refractivity contribution in [2.75, 3.05) is 26.7 Å². The third-order valence-electron chi connectivity index (χ3n) is 3.35. The highest BCUT2D eigenvalue weighted by Crippen LogP contribution is 2.35. The number of carbonyl (C=O) groups is 2. The number of hydrogen-bond acceptors (Lipinski definition) is 6. The van der Waals surface area contributed by atoms with Crippen molar-refractivity contribution in [2.45, 2.75) is 33.6 Å². The van der Waals surface area contributed by atoms with Crippen LogP contribution in [0.4, 0.5) is 0 Å². The van der Waals surface area contributed by atoms with Gasteiger partial charge in [0.05, 0.1) is 25.8 Å². The lowest BCUT2D eigenvalue weighted by molar-refractivity contribution is -0.139. The Morgan fingerprint density at radius 1 is 1.43 bits per heavy atom. The van der Waals surface area contributed by atoms with E-state index in [1.807, 2.05) is 13.8 Å². The largest absolute Gasteiger partial charge is 0.511 e. The van der Waals surface area contributed by atoms with E-state index in [4.69, 9.17) is 0 Å². The quantitative estimate of drug-likeness (QED) is 0.439. The Bertz CT molecular complexity index is 478. The highest BCUT2D eigenvalue weighted by Gasteiger charge is 2.33. The standard InChI is InChI=1S/C15H24N2O4/c1-10(17-6-5-16-9-13(20)21-4)14-11(18)7-15(2,3)8-12(14)19/h16,18H,5-9H2,1-4H3. The molecular formula is C15H24N2O4. The molecule has 1 rings (SSSR count).